The molecule has 3 heterocycles. The predicted molar refractivity (Wildman–Crippen MR) is 203 cm³/mol. The zero-order valence-electron chi connectivity index (χ0n) is 35.2. The van der Waals surface area contributed by atoms with E-state index in [0.717, 1.165) is 21.9 Å². The Labute approximate surface area is 300 Å². The maximum atomic E-state index is 9.16. The van der Waals surface area contributed by atoms with Crippen LogP contribution in [0.2, 0.25) is 0 Å². The minimum absolute atomic E-state index is 0.0764. The van der Waals surface area contributed by atoms with Crippen molar-refractivity contribution in [3.8, 4) is 51.0 Å². The fourth-order valence-corrected chi connectivity index (χ4v) is 6.67. The van der Waals surface area contributed by atoms with E-state index in [1.807, 2.05) is 84.9 Å². The van der Waals surface area contributed by atoms with Crippen LogP contribution < -0.4 is 0 Å². The number of aromatic nitrogens is 4. The first kappa shape index (κ1) is 20.5. The standard InChI is InChI=1S/C45H28N4O/c1-3-14-29(15-4-1)33-22-13-26-39-41(33)36-21-7-9-25-38(36)49(39)32-19-11-18-31(28-32)44-46-43(30-16-5-2-6-17-30)47-45(48-44)37-24-12-23-35-34-20-8-10-27-40(34)50-42(35)37/h1-28H/i1D,3D,4D,7D,9D,14D,15D,21D,25D. The number of benzene rings is 7. The van der Waals surface area contributed by atoms with Crippen LogP contribution in [0, 0.1) is 0 Å². The molecule has 0 saturated heterocycles. The van der Waals surface area contributed by atoms with E-state index in [1.54, 1.807) is 34.9 Å². The molecule has 0 aliphatic carbocycles. The van der Waals surface area contributed by atoms with Gasteiger partial charge in [-0.3, -0.25) is 0 Å². The van der Waals surface area contributed by atoms with Crippen molar-refractivity contribution in [2.24, 2.45) is 0 Å². The van der Waals surface area contributed by atoms with Crippen LogP contribution in [0.5, 0.6) is 0 Å². The monoisotopic (exact) mass is 649 g/mol. The predicted octanol–water partition coefficient (Wildman–Crippen LogP) is 11.5. The summed E-state index contributed by atoms with van der Waals surface area (Å²) in [4.78, 5) is 14.9. The van der Waals surface area contributed by atoms with Crippen molar-refractivity contribution in [3.63, 3.8) is 0 Å². The molecule has 0 radical (unpaired) electrons. The maximum Gasteiger partial charge on any atom is 0.167 e. The molecular weight excluding hydrogens is 613 g/mol. The first-order chi connectivity index (χ1) is 28.5. The van der Waals surface area contributed by atoms with Gasteiger partial charge in [-0.15, -0.1) is 0 Å². The highest BCUT2D eigenvalue weighted by molar-refractivity contribution is 6.15. The average Bonchev–Trinajstić information content (AvgIpc) is 3.83. The molecule has 3 aromatic heterocycles. The lowest BCUT2D eigenvalue weighted by atomic mass is 9.99. The Balaban J connectivity index is 1.24. The van der Waals surface area contributed by atoms with Gasteiger partial charge < -0.3 is 8.98 Å². The molecule has 0 atom stereocenters. The normalized spacial score (nSPS) is 14.1. The average molecular weight is 650 g/mol. The highest BCUT2D eigenvalue weighted by atomic mass is 16.3. The summed E-state index contributed by atoms with van der Waals surface area (Å²) >= 11 is 0. The van der Waals surface area contributed by atoms with Crippen LogP contribution >= 0.6 is 0 Å². The van der Waals surface area contributed by atoms with Crippen LogP contribution in [0.1, 0.15) is 12.3 Å². The van der Waals surface area contributed by atoms with Crippen molar-refractivity contribution in [1.82, 2.24) is 19.5 Å². The van der Waals surface area contributed by atoms with Gasteiger partial charge in [0.05, 0.1) is 28.9 Å². The number of nitrogens with zero attached hydrogens (tertiary/aromatic N) is 4. The lowest BCUT2D eigenvalue weighted by molar-refractivity contribution is 0.669. The van der Waals surface area contributed by atoms with Gasteiger partial charge in [-0.2, -0.15) is 0 Å². The third-order valence-corrected chi connectivity index (χ3v) is 8.87. The fourth-order valence-electron chi connectivity index (χ4n) is 6.67. The van der Waals surface area contributed by atoms with Gasteiger partial charge in [0.1, 0.15) is 11.2 Å². The van der Waals surface area contributed by atoms with E-state index >= 15 is 0 Å². The summed E-state index contributed by atoms with van der Waals surface area (Å²) in [5.74, 6) is 1.16. The van der Waals surface area contributed by atoms with E-state index in [2.05, 4.69) is 0 Å². The quantitative estimate of drug-likeness (QED) is 0.186. The van der Waals surface area contributed by atoms with Gasteiger partial charge >= 0.3 is 0 Å². The highest BCUT2D eigenvalue weighted by Crippen LogP contribution is 2.39. The molecule has 5 nitrogen and oxygen atoms in total. The van der Waals surface area contributed by atoms with Crippen molar-refractivity contribution in [2.45, 2.75) is 0 Å². The number of hydrogen-bond acceptors (Lipinski definition) is 4. The molecule has 50 heavy (non-hydrogen) atoms. The number of fused-ring (bicyclic) bond motifs is 6. The molecule has 0 saturated carbocycles. The second-order valence-corrected chi connectivity index (χ2v) is 11.8. The first-order valence-electron chi connectivity index (χ1n) is 20.5. The summed E-state index contributed by atoms with van der Waals surface area (Å²) in [6, 6.07) is 31.6. The third kappa shape index (κ3) is 4.52. The molecule has 10 rings (SSSR count). The maximum absolute atomic E-state index is 9.16. The van der Waals surface area contributed by atoms with Crippen LogP contribution in [-0.2, 0) is 0 Å². The molecule has 0 aliphatic heterocycles. The summed E-state index contributed by atoms with van der Waals surface area (Å²) in [5, 5.41) is 2.34. The molecule has 234 valence electrons. The summed E-state index contributed by atoms with van der Waals surface area (Å²) in [6.45, 7) is 0. The fraction of sp³-hybridized carbons (Fsp3) is 0. The largest absolute Gasteiger partial charge is 0.455 e. The SMILES string of the molecule is [2H]c1c([2H])c([2H])c(-c2cccc3c2c2c([2H])c([2H])c([2H])c([2H])c2n3-c2cccc(-c3nc(-c4ccccc4)nc(-c4cccc5c4oc4ccccc45)n3)c2)c([2H])c1[2H]. The minimum Gasteiger partial charge on any atom is -0.455 e. The molecule has 0 amide bonds. The molecule has 0 fully saturated rings. The number of para-hydroxylation sites is 3. The Morgan fingerprint density at radius 3 is 2.06 bits per heavy atom. The molecule has 0 spiro atoms. The van der Waals surface area contributed by atoms with Gasteiger partial charge in [0.2, 0.25) is 0 Å². The van der Waals surface area contributed by atoms with E-state index < -0.39 is 42.3 Å². The van der Waals surface area contributed by atoms with Crippen molar-refractivity contribution in [3.05, 3.63) is 170 Å². The molecule has 0 bridgehead atoms. The number of rotatable bonds is 5. The molecule has 0 aliphatic rings. The molecule has 5 heteroatoms. The zero-order valence-corrected chi connectivity index (χ0v) is 26.2. The summed E-state index contributed by atoms with van der Waals surface area (Å²) in [5.41, 5.74) is 4.65. The molecule has 7 aromatic carbocycles. The van der Waals surface area contributed by atoms with Gasteiger partial charge in [0, 0.05) is 38.4 Å². The van der Waals surface area contributed by atoms with E-state index in [1.165, 1.54) is 0 Å². The van der Waals surface area contributed by atoms with Crippen molar-refractivity contribution in [1.29, 1.82) is 0 Å². The molecule has 10 aromatic rings. The Morgan fingerprint density at radius 2 is 1.16 bits per heavy atom. The van der Waals surface area contributed by atoms with E-state index in [4.69, 9.17) is 31.7 Å². The summed E-state index contributed by atoms with van der Waals surface area (Å²) < 4.78 is 86.2. The number of hydrogen-bond donors (Lipinski definition) is 0. The first-order valence-corrected chi connectivity index (χ1v) is 16.0. The van der Waals surface area contributed by atoms with Crippen LogP contribution in [0.15, 0.2) is 174 Å². The second kappa shape index (κ2) is 11.4. The van der Waals surface area contributed by atoms with Crippen LogP contribution in [0.25, 0.3) is 94.7 Å². The van der Waals surface area contributed by atoms with Gasteiger partial charge in [-0.1, -0.05) is 133 Å². The Morgan fingerprint density at radius 1 is 0.480 bits per heavy atom. The van der Waals surface area contributed by atoms with Gasteiger partial charge in [0.15, 0.2) is 17.5 Å². The lowest BCUT2D eigenvalue weighted by Gasteiger charge is -2.12. The van der Waals surface area contributed by atoms with Crippen LogP contribution in [0.4, 0.5) is 0 Å². The Bertz CT molecular complexity index is 3370. The van der Waals surface area contributed by atoms with Gasteiger partial charge in [0.25, 0.3) is 0 Å². The summed E-state index contributed by atoms with van der Waals surface area (Å²) in [6.07, 6.45) is 0. The minimum atomic E-state index is -0.539. The number of furan rings is 1. The third-order valence-electron chi connectivity index (χ3n) is 8.87. The van der Waals surface area contributed by atoms with Gasteiger partial charge in [-0.25, -0.2) is 15.0 Å². The summed E-state index contributed by atoms with van der Waals surface area (Å²) in [7, 11) is 0. The van der Waals surface area contributed by atoms with E-state index in [9.17, 15) is 0 Å². The second-order valence-electron chi connectivity index (χ2n) is 11.8. The van der Waals surface area contributed by atoms with Crippen molar-refractivity contribution in [2.75, 3.05) is 0 Å². The van der Waals surface area contributed by atoms with E-state index in [0.29, 0.717) is 50.8 Å². The van der Waals surface area contributed by atoms with Crippen LogP contribution in [0.3, 0.4) is 0 Å². The zero-order chi connectivity index (χ0) is 40.9. The Hall–Kier alpha value is -6.85. The van der Waals surface area contributed by atoms with Crippen molar-refractivity contribution < 1.29 is 16.8 Å². The van der Waals surface area contributed by atoms with Gasteiger partial charge in [-0.05, 0) is 47.5 Å². The van der Waals surface area contributed by atoms with Crippen LogP contribution in [-0.4, -0.2) is 19.5 Å². The Kier molecular flexibility index (Phi) is 4.67. The molecule has 0 N–H and O–H groups in total. The highest BCUT2D eigenvalue weighted by Gasteiger charge is 2.19. The lowest BCUT2D eigenvalue weighted by Crippen LogP contribution is -2.01. The smallest absolute Gasteiger partial charge is 0.167 e. The van der Waals surface area contributed by atoms with E-state index in [-0.39, 0.29) is 34.1 Å². The topological polar surface area (TPSA) is 56.7 Å². The molecule has 0 unspecified atom stereocenters. The molecular formula is C45H28N4O. The van der Waals surface area contributed by atoms with Crippen molar-refractivity contribution >= 4 is 43.7 Å².